The molecule has 0 saturated heterocycles. The second-order valence-corrected chi connectivity index (χ2v) is 4.88. The van der Waals surface area contributed by atoms with Crippen LogP contribution in [-0.2, 0) is 0 Å². The van der Waals surface area contributed by atoms with Crippen molar-refractivity contribution in [1.29, 1.82) is 0 Å². The number of hydrogen-bond acceptors (Lipinski definition) is 4. The van der Waals surface area contributed by atoms with Gasteiger partial charge in [-0.05, 0) is 31.2 Å². The van der Waals surface area contributed by atoms with E-state index >= 15 is 0 Å². The number of nitrogens with zero attached hydrogens (tertiary/aromatic N) is 1. The number of furan rings is 1. The predicted molar refractivity (Wildman–Crippen MR) is 71.0 cm³/mol. The standard InChI is InChI=1S/C13H10N2O2S/c1-8-6-7-10(17-8)12(16)15-13-14-9-4-2-3-5-11(9)18-13/h2-7H,1H3,(H,14,15,16). The van der Waals surface area contributed by atoms with Crippen molar-refractivity contribution in [3.63, 3.8) is 0 Å². The molecule has 3 rings (SSSR count). The number of para-hydroxylation sites is 1. The van der Waals surface area contributed by atoms with Crippen LogP contribution in [0.15, 0.2) is 40.8 Å². The topological polar surface area (TPSA) is 55.1 Å². The molecule has 3 aromatic rings. The summed E-state index contributed by atoms with van der Waals surface area (Å²) in [6.07, 6.45) is 0. The Hall–Kier alpha value is -2.14. The number of carbonyl (C=O) groups is 1. The summed E-state index contributed by atoms with van der Waals surface area (Å²) in [4.78, 5) is 16.2. The van der Waals surface area contributed by atoms with Crippen LogP contribution in [-0.4, -0.2) is 10.9 Å². The average Bonchev–Trinajstić information content (AvgIpc) is 2.94. The molecule has 0 saturated carbocycles. The predicted octanol–water partition coefficient (Wildman–Crippen LogP) is 3.45. The van der Waals surface area contributed by atoms with E-state index in [4.69, 9.17) is 4.42 Å². The third kappa shape index (κ3) is 2.00. The Morgan fingerprint density at radius 3 is 2.83 bits per heavy atom. The molecule has 2 heterocycles. The second kappa shape index (κ2) is 4.27. The van der Waals surface area contributed by atoms with Crippen LogP contribution in [0.1, 0.15) is 16.3 Å². The lowest BCUT2D eigenvalue weighted by molar-refractivity contribution is 0.0995. The summed E-state index contributed by atoms with van der Waals surface area (Å²) in [5.74, 6) is 0.735. The number of thiazole rings is 1. The Balaban J connectivity index is 1.86. The molecule has 0 aliphatic heterocycles. The lowest BCUT2D eigenvalue weighted by atomic mass is 10.3. The van der Waals surface area contributed by atoms with Crippen molar-refractivity contribution >= 4 is 32.6 Å². The summed E-state index contributed by atoms with van der Waals surface area (Å²) in [5.41, 5.74) is 0.883. The van der Waals surface area contributed by atoms with Gasteiger partial charge in [-0.3, -0.25) is 10.1 Å². The number of nitrogens with one attached hydrogen (secondary N) is 1. The SMILES string of the molecule is Cc1ccc(C(=O)Nc2nc3ccccc3s2)o1. The molecule has 0 fully saturated rings. The molecule has 18 heavy (non-hydrogen) atoms. The summed E-state index contributed by atoms with van der Waals surface area (Å²) in [6, 6.07) is 11.2. The van der Waals surface area contributed by atoms with Crippen LogP contribution >= 0.6 is 11.3 Å². The van der Waals surface area contributed by atoms with Gasteiger partial charge in [-0.15, -0.1) is 0 Å². The average molecular weight is 258 g/mol. The molecular formula is C13H10N2O2S. The molecule has 0 aliphatic carbocycles. The quantitative estimate of drug-likeness (QED) is 0.766. The Morgan fingerprint density at radius 2 is 2.11 bits per heavy atom. The summed E-state index contributed by atoms with van der Waals surface area (Å²) in [6.45, 7) is 1.80. The molecule has 2 aromatic heterocycles. The van der Waals surface area contributed by atoms with Gasteiger partial charge in [-0.1, -0.05) is 23.5 Å². The first-order chi connectivity index (χ1) is 8.72. The highest BCUT2D eigenvalue weighted by atomic mass is 32.1. The van der Waals surface area contributed by atoms with Crippen LogP contribution in [0.25, 0.3) is 10.2 Å². The number of amides is 1. The van der Waals surface area contributed by atoms with E-state index in [1.54, 1.807) is 19.1 Å². The van der Waals surface area contributed by atoms with Crippen LogP contribution in [0.4, 0.5) is 5.13 Å². The summed E-state index contributed by atoms with van der Waals surface area (Å²) >= 11 is 1.44. The van der Waals surface area contributed by atoms with Gasteiger partial charge >= 0.3 is 0 Å². The van der Waals surface area contributed by atoms with Crippen LogP contribution in [0.2, 0.25) is 0 Å². The lowest BCUT2D eigenvalue weighted by Gasteiger charge is -1.96. The molecular weight excluding hydrogens is 248 g/mol. The number of rotatable bonds is 2. The second-order valence-electron chi connectivity index (χ2n) is 3.85. The van der Waals surface area contributed by atoms with E-state index < -0.39 is 0 Å². The van der Waals surface area contributed by atoms with Gasteiger partial charge < -0.3 is 4.42 Å². The van der Waals surface area contributed by atoms with E-state index in [2.05, 4.69) is 10.3 Å². The van der Waals surface area contributed by atoms with Gasteiger partial charge in [0.05, 0.1) is 10.2 Å². The smallest absolute Gasteiger partial charge is 0.293 e. The monoisotopic (exact) mass is 258 g/mol. The third-order valence-electron chi connectivity index (χ3n) is 2.48. The molecule has 1 amide bonds. The largest absolute Gasteiger partial charge is 0.456 e. The van der Waals surface area contributed by atoms with E-state index in [1.807, 2.05) is 24.3 Å². The van der Waals surface area contributed by atoms with E-state index in [-0.39, 0.29) is 5.91 Å². The summed E-state index contributed by atoms with van der Waals surface area (Å²) in [5, 5.41) is 3.31. The molecule has 0 unspecified atom stereocenters. The van der Waals surface area contributed by atoms with Gasteiger partial charge in [0.25, 0.3) is 5.91 Å². The lowest BCUT2D eigenvalue weighted by Crippen LogP contribution is -2.10. The number of fused-ring (bicyclic) bond motifs is 1. The number of benzene rings is 1. The van der Waals surface area contributed by atoms with E-state index in [0.717, 1.165) is 10.2 Å². The number of carbonyl (C=O) groups excluding carboxylic acids is 1. The molecule has 0 spiro atoms. The summed E-state index contributed by atoms with van der Waals surface area (Å²) < 4.78 is 6.30. The van der Waals surface area contributed by atoms with E-state index in [1.165, 1.54) is 11.3 Å². The molecule has 5 heteroatoms. The van der Waals surface area contributed by atoms with Gasteiger partial charge in [0.15, 0.2) is 10.9 Å². The summed E-state index contributed by atoms with van der Waals surface area (Å²) in [7, 11) is 0. The zero-order chi connectivity index (χ0) is 12.5. The fraction of sp³-hybridized carbons (Fsp3) is 0.0769. The molecule has 0 radical (unpaired) electrons. The van der Waals surface area contributed by atoms with Crippen LogP contribution in [0.3, 0.4) is 0 Å². The maximum atomic E-state index is 11.9. The van der Waals surface area contributed by atoms with Crippen LogP contribution in [0, 0.1) is 6.92 Å². The van der Waals surface area contributed by atoms with Crippen LogP contribution in [0.5, 0.6) is 0 Å². The molecule has 0 aliphatic rings. The Labute approximate surface area is 107 Å². The minimum atomic E-state index is -0.276. The molecule has 4 nitrogen and oxygen atoms in total. The van der Waals surface area contributed by atoms with Crippen molar-refractivity contribution < 1.29 is 9.21 Å². The molecule has 90 valence electrons. The van der Waals surface area contributed by atoms with Crippen LogP contribution < -0.4 is 5.32 Å². The van der Waals surface area contributed by atoms with Gasteiger partial charge in [-0.25, -0.2) is 4.98 Å². The Bertz CT molecular complexity index is 681. The van der Waals surface area contributed by atoms with Gasteiger partial charge in [0, 0.05) is 0 Å². The van der Waals surface area contributed by atoms with Gasteiger partial charge in [0.1, 0.15) is 5.76 Å². The number of anilines is 1. The maximum Gasteiger partial charge on any atom is 0.293 e. The van der Waals surface area contributed by atoms with Crippen molar-refractivity contribution in [2.75, 3.05) is 5.32 Å². The number of hydrogen-bond donors (Lipinski definition) is 1. The third-order valence-corrected chi connectivity index (χ3v) is 3.43. The highest BCUT2D eigenvalue weighted by Gasteiger charge is 2.12. The molecule has 0 atom stereocenters. The van der Waals surface area contributed by atoms with E-state index in [0.29, 0.717) is 16.7 Å². The zero-order valence-electron chi connectivity index (χ0n) is 9.64. The van der Waals surface area contributed by atoms with Crippen molar-refractivity contribution in [3.05, 3.63) is 47.9 Å². The highest BCUT2D eigenvalue weighted by molar-refractivity contribution is 7.22. The van der Waals surface area contributed by atoms with Crippen molar-refractivity contribution in [2.24, 2.45) is 0 Å². The first kappa shape index (κ1) is 11.0. The normalized spacial score (nSPS) is 10.7. The minimum Gasteiger partial charge on any atom is -0.456 e. The minimum absolute atomic E-state index is 0.276. The van der Waals surface area contributed by atoms with Crippen molar-refractivity contribution in [2.45, 2.75) is 6.92 Å². The first-order valence-electron chi connectivity index (χ1n) is 5.46. The fourth-order valence-corrected chi connectivity index (χ4v) is 2.50. The molecule has 1 aromatic carbocycles. The van der Waals surface area contributed by atoms with E-state index in [9.17, 15) is 4.79 Å². The Morgan fingerprint density at radius 1 is 1.28 bits per heavy atom. The molecule has 0 bridgehead atoms. The first-order valence-corrected chi connectivity index (χ1v) is 6.27. The number of aromatic nitrogens is 1. The van der Waals surface area contributed by atoms with Gasteiger partial charge in [-0.2, -0.15) is 0 Å². The molecule has 1 N–H and O–H groups in total. The van der Waals surface area contributed by atoms with Crippen molar-refractivity contribution in [3.8, 4) is 0 Å². The number of aryl methyl sites for hydroxylation is 1. The Kier molecular flexibility index (Phi) is 2.60. The van der Waals surface area contributed by atoms with Crippen molar-refractivity contribution in [1.82, 2.24) is 4.98 Å². The fourth-order valence-electron chi connectivity index (χ4n) is 1.64. The van der Waals surface area contributed by atoms with Gasteiger partial charge in [0.2, 0.25) is 0 Å². The zero-order valence-corrected chi connectivity index (χ0v) is 10.5. The highest BCUT2D eigenvalue weighted by Crippen LogP contribution is 2.25. The maximum absolute atomic E-state index is 11.9.